The van der Waals surface area contributed by atoms with Crippen molar-refractivity contribution in [3.8, 4) is 5.75 Å². The minimum atomic E-state index is -0.430. The number of nitrogens with one attached hydrogen (secondary N) is 2. The lowest BCUT2D eigenvalue weighted by Gasteiger charge is -2.11. The number of carbonyl (C=O) groups excluding carboxylic acids is 1. The Kier molecular flexibility index (Phi) is 8.70. The zero-order chi connectivity index (χ0) is 25.5. The zero-order valence-electron chi connectivity index (χ0n) is 18.8. The standard InChI is InChI=1S/C26H20I2N4O4/c27-22-12-18(13-23(28)26(22)36-16-17-8-10-20(11-9-17)32(34)35)14-30-31-25(33)15-29-24-7-3-5-19-4-1-2-6-21(19)24/h1-14,29H,15-16H2,(H,31,33)/b30-14-. The number of hydrazone groups is 1. The predicted octanol–water partition coefficient (Wildman–Crippen LogP) is 6.10. The van der Waals surface area contributed by atoms with Crippen LogP contribution < -0.4 is 15.5 Å². The topological polar surface area (TPSA) is 106 Å². The summed E-state index contributed by atoms with van der Waals surface area (Å²) in [5.74, 6) is 0.460. The van der Waals surface area contributed by atoms with Gasteiger partial charge in [0.05, 0.1) is 24.8 Å². The first-order valence-corrected chi connectivity index (χ1v) is 12.9. The average Bonchev–Trinajstić information content (AvgIpc) is 2.87. The summed E-state index contributed by atoms with van der Waals surface area (Å²) < 4.78 is 7.71. The smallest absolute Gasteiger partial charge is 0.269 e. The van der Waals surface area contributed by atoms with Gasteiger partial charge in [-0.2, -0.15) is 5.10 Å². The third-order valence-corrected chi connectivity index (χ3v) is 6.79. The SMILES string of the molecule is O=C(CNc1cccc2ccccc12)N/N=C\c1cc(I)c(OCc2ccc([N+](=O)[O-])cc2)c(I)c1. The van der Waals surface area contributed by atoms with Crippen LogP contribution in [0.5, 0.6) is 5.75 Å². The highest BCUT2D eigenvalue weighted by Crippen LogP contribution is 2.29. The normalized spacial score (nSPS) is 10.9. The molecule has 8 nitrogen and oxygen atoms in total. The van der Waals surface area contributed by atoms with Crippen LogP contribution in [0.3, 0.4) is 0 Å². The Bertz CT molecular complexity index is 1410. The van der Waals surface area contributed by atoms with Crippen LogP contribution in [0.25, 0.3) is 10.8 Å². The van der Waals surface area contributed by atoms with E-state index in [1.165, 1.54) is 12.1 Å². The van der Waals surface area contributed by atoms with Gasteiger partial charge in [0.15, 0.2) is 0 Å². The van der Waals surface area contributed by atoms with E-state index in [0.29, 0.717) is 0 Å². The lowest BCUT2D eigenvalue weighted by Crippen LogP contribution is -2.25. The van der Waals surface area contributed by atoms with Gasteiger partial charge in [0.1, 0.15) is 12.4 Å². The zero-order valence-corrected chi connectivity index (χ0v) is 23.1. The maximum Gasteiger partial charge on any atom is 0.269 e. The largest absolute Gasteiger partial charge is 0.487 e. The van der Waals surface area contributed by atoms with Gasteiger partial charge in [0.25, 0.3) is 11.6 Å². The number of carbonyl (C=O) groups is 1. The quantitative estimate of drug-likeness (QED) is 0.0949. The number of halogens is 2. The number of anilines is 1. The van der Waals surface area contributed by atoms with E-state index in [4.69, 9.17) is 4.74 Å². The molecule has 0 radical (unpaired) electrons. The van der Waals surface area contributed by atoms with Crippen LogP contribution in [0, 0.1) is 17.3 Å². The molecule has 4 aromatic carbocycles. The molecule has 0 aliphatic heterocycles. The summed E-state index contributed by atoms with van der Waals surface area (Å²) in [6.07, 6.45) is 1.58. The number of hydrogen-bond acceptors (Lipinski definition) is 6. The Labute approximate surface area is 234 Å². The van der Waals surface area contributed by atoms with Gasteiger partial charge in [-0.1, -0.05) is 36.4 Å². The molecule has 0 aliphatic rings. The van der Waals surface area contributed by atoms with E-state index in [2.05, 4.69) is 61.0 Å². The summed E-state index contributed by atoms with van der Waals surface area (Å²) in [6.45, 7) is 0.382. The Morgan fingerprint density at radius 3 is 2.42 bits per heavy atom. The van der Waals surface area contributed by atoms with Gasteiger partial charge in [-0.05, 0) is 92.0 Å². The summed E-state index contributed by atoms with van der Waals surface area (Å²) in [7, 11) is 0. The maximum absolute atomic E-state index is 12.3. The van der Waals surface area contributed by atoms with Gasteiger partial charge < -0.3 is 10.1 Å². The lowest BCUT2D eigenvalue weighted by molar-refractivity contribution is -0.384. The Hall–Kier alpha value is -3.26. The molecule has 0 atom stereocenters. The highest BCUT2D eigenvalue weighted by Gasteiger charge is 2.10. The number of ether oxygens (including phenoxy) is 1. The minimum absolute atomic E-state index is 0.0444. The van der Waals surface area contributed by atoms with E-state index in [1.807, 2.05) is 54.6 Å². The molecular weight excluding hydrogens is 686 g/mol. The summed E-state index contributed by atoms with van der Waals surface area (Å²) in [5, 5.41) is 20.2. The van der Waals surface area contributed by atoms with E-state index in [9.17, 15) is 14.9 Å². The number of benzene rings is 4. The van der Waals surface area contributed by atoms with Crippen molar-refractivity contribution in [3.05, 3.63) is 107 Å². The lowest BCUT2D eigenvalue weighted by atomic mass is 10.1. The molecule has 0 saturated heterocycles. The van der Waals surface area contributed by atoms with Gasteiger partial charge in [-0.3, -0.25) is 14.9 Å². The van der Waals surface area contributed by atoms with Crippen molar-refractivity contribution in [2.24, 2.45) is 5.10 Å². The fraction of sp³-hybridized carbons (Fsp3) is 0.0769. The van der Waals surface area contributed by atoms with Gasteiger partial charge in [0, 0.05) is 23.2 Å². The van der Waals surface area contributed by atoms with Crippen molar-refractivity contribution in [1.29, 1.82) is 0 Å². The van der Waals surface area contributed by atoms with Crippen molar-refractivity contribution < 1.29 is 14.5 Å². The molecule has 0 aliphatic carbocycles. The summed E-state index contributed by atoms with van der Waals surface area (Å²) >= 11 is 4.36. The number of nitro benzene ring substituents is 1. The number of amides is 1. The van der Waals surface area contributed by atoms with Gasteiger partial charge in [-0.15, -0.1) is 0 Å². The Balaban J connectivity index is 1.31. The van der Waals surface area contributed by atoms with E-state index < -0.39 is 4.92 Å². The van der Waals surface area contributed by atoms with Crippen LogP contribution >= 0.6 is 45.2 Å². The van der Waals surface area contributed by atoms with E-state index in [0.717, 1.165) is 40.5 Å². The maximum atomic E-state index is 12.3. The monoisotopic (exact) mass is 706 g/mol. The molecule has 4 rings (SSSR count). The van der Waals surface area contributed by atoms with Crippen LogP contribution in [0.4, 0.5) is 11.4 Å². The second-order valence-electron chi connectivity index (χ2n) is 7.70. The van der Waals surface area contributed by atoms with E-state index in [1.54, 1.807) is 18.3 Å². The third kappa shape index (κ3) is 6.69. The minimum Gasteiger partial charge on any atom is -0.487 e. The average molecular weight is 706 g/mol. The number of nitrogens with zero attached hydrogens (tertiary/aromatic N) is 2. The summed E-state index contributed by atoms with van der Waals surface area (Å²) in [5.41, 5.74) is 5.12. The van der Waals surface area contributed by atoms with Crippen LogP contribution in [0.15, 0.2) is 84.0 Å². The predicted molar refractivity (Wildman–Crippen MR) is 157 cm³/mol. The fourth-order valence-electron chi connectivity index (χ4n) is 3.43. The molecule has 0 saturated carbocycles. The fourth-order valence-corrected chi connectivity index (χ4v) is 5.56. The second-order valence-corrected chi connectivity index (χ2v) is 10.0. The third-order valence-electron chi connectivity index (χ3n) is 5.18. The van der Waals surface area contributed by atoms with Gasteiger partial charge in [0.2, 0.25) is 0 Å². The molecule has 0 bridgehead atoms. The molecule has 2 N–H and O–H groups in total. The van der Waals surface area contributed by atoms with Crippen molar-refractivity contribution in [1.82, 2.24) is 5.43 Å². The molecule has 10 heteroatoms. The Morgan fingerprint density at radius 1 is 1.00 bits per heavy atom. The first-order chi connectivity index (χ1) is 17.4. The van der Waals surface area contributed by atoms with Crippen molar-refractivity contribution in [3.63, 3.8) is 0 Å². The van der Waals surface area contributed by atoms with Crippen molar-refractivity contribution in [2.75, 3.05) is 11.9 Å². The van der Waals surface area contributed by atoms with Crippen molar-refractivity contribution in [2.45, 2.75) is 6.61 Å². The van der Waals surface area contributed by atoms with Crippen molar-refractivity contribution >= 4 is 79.5 Å². The molecule has 0 unspecified atom stereocenters. The highest BCUT2D eigenvalue weighted by atomic mass is 127. The number of fused-ring (bicyclic) bond motifs is 1. The Morgan fingerprint density at radius 2 is 1.69 bits per heavy atom. The molecular formula is C26H20I2N4O4. The second kappa shape index (κ2) is 12.1. The molecule has 0 spiro atoms. The van der Waals surface area contributed by atoms with Gasteiger partial charge in [-0.25, -0.2) is 5.43 Å². The summed E-state index contributed by atoms with van der Waals surface area (Å²) in [6, 6.07) is 24.0. The number of hydrogen-bond donors (Lipinski definition) is 2. The van der Waals surface area contributed by atoms with Crippen LogP contribution in [-0.2, 0) is 11.4 Å². The van der Waals surface area contributed by atoms with E-state index >= 15 is 0 Å². The molecule has 0 aromatic heterocycles. The molecule has 1 amide bonds. The molecule has 36 heavy (non-hydrogen) atoms. The first-order valence-electron chi connectivity index (χ1n) is 10.8. The molecule has 0 heterocycles. The first kappa shape index (κ1) is 25.8. The van der Waals surface area contributed by atoms with Crippen LogP contribution in [-0.4, -0.2) is 23.6 Å². The van der Waals surface area contributed by atoms with Crippen LogP contribution in [0.2, 0.25) is 0 Å². The molecule has 4 aromatic rings. The summed E-state index contributed by atoms with van der Waals surface area (Å²) in [4.78, 5) is 22.6. The van der Waals surface area contributed by atoms with E-state index in [-0.39, 0.29) is 24.7 Å². The van der Waals surface area contributed by atoms with Gasteiger partial charge >= 0.3 is 0 Å². The van der Waals surface area contributed by atoms with Crippen LogP contribution in [0.1, 0.15) is 11.1 Å². The number of nitro groups is 1. The number of rotatable bonds is 9. The highest BCUT2D eigenvalue weighted by molar-refractivity contribution is 14.1. The molecule has 182 valence electrons. The molecule has 0 fully saturated rings. The number of non-ortho nitro benzene ring substituents is 1.